The standard InChI is InChI=1S/C12H16N2O3/c1-7(2)11(15)10-9(12(16)17-3)6-14(13-10)8-4-5-8/h6-8H,4-5H2,1-3H3. The van der Waals surface area contributed by atoms with E-state index < -0.39 is 5.97 Å². The van der Waals surface area contributed by atoms with Crippen molar-refractivity contribution < 1.29 is 14.3 Å². The monoisotopic (exact) mass is 236 g/mol. The molecular formula is C12H16N2O3. The van der Waals surface area contributed by atoms with E-state index in [1.807, 2.05) is 0 Å². The van der Waals surface area contributed by atoms with Gasteiger partial charge < -0.3 is 4.74 Å². The molecule has 5 heteroatoms. The van der Waals surface area contributed by atoms with Gasteiger partial charge in [0.15, 0.2) is 5.78 Å². The molecule has 1 aromatic rings. The van der Waals surface area contributed by atoms with E-state index in [0.717, 1.165) is 12.8 Å². The average Bonchev–Trinajstić information content (AvgIpc) is 3.06. The number of rotatable bonds is 4. The molecule has 1 heterocycles. The molecule has 2 rings (SSSR count). The lowest BCUT2D eigenvalue weighted by molar-refractivity contribution is 0.0596. The first-order valence-corrected chi connectivity index (χ1v) is 5.76. The van der Waals surface area contributed by atoms with E-state index in [2.05, 4.69) is 9.84 Å². The van der Waals surface area contributed by atoms with Gasteiger partial charge in [-0.3, -0.25) is 9.48 Å². The fourth-order valence-electron chi connectivity index (χ4n) is 1.63. The number of esters is 1. The molecule has 0 aromatic carbocycles. The smallest absolute Gasteiger partial charge is 0.341 e. The fourth-order valence-corrected chi connectivity index (χ4v) is 1.63. The first-order valence-electron chi connectivity index (χ1n) is 5.76. The predicted octanol–water partition coefficient (Wildman–Crippen LogP) is 1.84. The van der Waals surface area contributed by atoms with Crippen LogP contribution in [0.3, 0.4) is 0 Å². The number of carbonyl (C=O) groups is 2. The first kappa shape index (κ1) is 11.8. The van der Waals surface area contributed by atoms with E-state index in [9.17, 15) is 9.59 Å². The third-order valence-electron chi connectivity index (χ3n) is 2.82. The maximum absolute atomic E-state index is 12.0. The summed E-state index contributed by atoms with van der Waals surface area (Å²) in [6.45, 7) is 3.58. The van der Waals surface area contributed by atoms with E-state index in [-0.39, 0.29) is 23.0 Å². The minimum absolute atomic E-state index is 0.121. The fraction of sp³-hybridized carbons (Fsp3) is 0.583. The Morgan fingerprint density at radius 3 is 2.59 bits per heavy atom. The van der Waals surface area contributed by atoms with Crippen LogP contribution < -0.4 is 0 Å². The van der Waals surface area contributed by atoms with Gasteiger partial charge in [0.05, 0.1) is 13.2 Å². The maximum atomic E-state index is 12.0. The van der Waals surface area contributed by atoms with Crippen molar-refractivity contribution in [2.45, 2.75) is 32.7 Å². The van der Waals surface area contributed by atoms with Crippen molar-refractivity contribution in [1.29, 1.82) is 0 Å². The molecule has 0 bridgehead atoms. The zero-order chi connectivity index (χ0) is 12.6. The van der Waals surface area contributed by atoms with Crippen molar-refractivity contribution in [3.63, 3.8) is 0 Å². The minimum atomic E-state index is -0.499. The zero-order valence-electron chi connectivity index (χ0n) is 10.3. The molecule has 0 amide bonds. The van der Waals surface area contributed by atoms with Gasteiger partial charge in [0.2, 0.25) is 0 Å². The maximum Gasteiger partial charge on any atom is 0.341 e. The van der Waals surface area contributed by atoms with Gasteiger partial charge in [-0.2, -0.15) is 5.10 Å². The number of nitrogens with zero attached hydrogens (tertiary/aromatic N) is 2. The number of methoxy groups -OCH3 is 1. The van der Waals surface area contributed by atoms with Crippen LogP contribution in [0, 0.1) is 5.92 Å². The summed E-state index contributed by atoms with van der Waals surface area (Å²) in [5.41, 5.74) is 0.511. The SMILES string of the molecule is COC(=O)c1cn(C2CC2)nc1C(=O)C(C)C. The lowest BCUT2D eigenvalue weighted by Gasteiger charge is -2.02. The van der Waals surface area contributed by atoms with Crippen LogP contribution in [-0.2, 0) is 4.74 Å². The van der Waals surface area contributed by atoms with Crippen LogP contribution in [0.4, 0.5) is 0 Å². The molecule has 0 radical (unpaired) electrons. The summed E-state index contributed by atoms with van der Waals surface area (Å²) in [6.07, 6.45) is 3.73. The van der Waals surface area contributed by atoms with E-state index in [1.54, 1.807) is 24.7 Å². The molecule has 1 aliphatic rings. The second kappa shape index (κ2) is 4.31. The Kier molecular flexibility index (Phi) is 3.00. The molecule has 92 valence electrons. The Morgan fingerprint density at radius 2 is 2.12 bits per heavy atom. The molecule has 0 unspecified atom stereocenters. The number of ether oxygens (including phenoxy) is 1. The topological polar surface area (TPSA) is 61.2 Å². The van der Waals surface area contributed by atoms with Crippen LogP contribution >= 0.6 is 0 Å². The molecule has 1 aliphatic carbocycles. The van der Waals surface area contributed by atoms with Crippen molar-refractivity contribution in [3.05, 3.63) is 17.5 Å². The minimum Gasteiger partial charge on any atom is -0.465 e. The summed E-state index contributed by atoms with van der Waals surface area (Å²) in [7, 11) is 1.31. The number of Topliss-reactive ketones (excluding diaryl/α,β-unsaturated/α-hetero) is 1. The van der Waals surface area contributed by atoms with Gasteiger partial charge in [-0.15, -0.1) is 0 Å². The number of carbonyl (C=O) groups excluding carboxylic acids is 2. The van der Waals surface area contributed by atoms with Crippen LogP contribution in [0.25, 0.3) is 0 Å². The van der Waals surface area contributed by atoms with Gasteiger partial charge in [0.25, 0.3) is 0 Å². The van der Waals surface area contributed by atoms with Crippen molar-refractivity contribution >= 4 is 11.8 Å². The number of hydrogen-bond donors (Lipinski definition) is 0. The summed E-state index contributed by atoms with van der Waals surface area (Å²) < 4.78 is 6.39. The average molecular weight is 236 g/mol. The number of hydrogen-bond acceptors (Lipinski definition) is 4. The van der Waals surface area contributed by atoms with Gasteiger partial charge in [-0.05, 0) is 12.8 Å². The summed E-state index contributed by atoms with van der Waals surface area (Å²) in [5.74, 6) is -0.799. The zero-order valence-corrected chi connectivity index (χ0v) is 10.3. The molecule has 0 saturated heterocycles. The highest BCUT2D eigenvalue weighted by molar-refractivity contribution is 6.05. The largest absolute Gasteiger partial charge is 0.465 e. The lowest BCUT2D eigenvalue weighted by atomic mass is 10.0. The first-order chi connectivity index (χ1) is 8.04. The summed E-state index contributed by atoms with van der Waals surface area (Å²) >= 11 is 0. The van der Waals surface area contributed by atoms with Crippen LogP contribution in [0.1, 0.15) is 53.6 Å². The number of aromatic nitrogens is 2. The van der Waals surface area contributed by atoms with Gasteiger partial charge in [0.1, 0.15) is 11.3 Å². The van der Waals surface area contributed by atoms with Crippen molar-refractivity contribution in [2.75, 3.05) is 7.11 Å². The van der Waals surface area contributed by atoms with E-state index in [4.69, 9.17) is 0 Å². The van der Waals surface area contributed by atoms with Crippen molar-refractivity contribution in [3.8, 4) is 0 Å². The van der Waals surface area contributed by atoms with Crippen LogP contribution in [-0.4, -0.2) is 28.6 Å². The number of ketones is 1. The summed E-state index contributed by atoms with van der Waals surface area (Å²) in [5, 5.41) is 4.23. The van der Waals surface area contributed by atoms with E-state index in [0.29, 0.717) is 6.04 Å². The highest BCUT2D eigenvalue weighted by Gasteiger charge is 2.30. The van der Waals surface area contributed by atoms with Crippen LogP contribution in [0.2, 0.25) is 0 Å². The summed E-state index contributed by atoms with van der Waals surface area (Å²) in [6, 6.07) is 0.340. The molecule has 0 atom stereocenters. The molecule has 1 fully saturated rings. The van der Waals surface area contributed by atoms with E-state index >= 15 is 0 Å². The molecule has 5 nitrogen and oxygen atoms in total. The third kappa shape index (κ3) is 2.23. The van der Waals surface area contributed by atoms with Crippen molar-refractivity contribution in [1.82, 2.24) is 9.78 Å². The Balaban J connectivity index is 2.40. The van der Waals surface area contributed by atoms with Crippen molar-refractivity contribution in [2.24, 2.45) is 5.92 Å². The van der Waals surface area contributed by atoms with Gasteiger partial charge >= 0.3 is 5.97 Å². The molecule has 17 heavy (non-hydrogen) atoms. The molecule has 1 aromatic heterocycles. The van der Waals surface area contributed by atoms with E-state index in [1.165, 1.54) is 7.11 Å². The van der Waals surface area contributed by atoms with Gasteiger partial charge in [0, 0.05) is 12.1 Å². The van der Waals surface area contributed by atoms with Gasteiger partial charge in [-0.1, -0.05) is 13.8 Å². The highest BCUT2D eigenvalue weighted by Crippen LogP contribution is 2.34. The Bertz CT molecular complexity index is 458. The predicted molar refractivity (Wildman–Crippen MR) is 61.0 cm³/mol. The van der Waals surface area contributed by atoms with Gasteiger partial charge in [-0.25, -0.2) is 4.79 Å². The Morgan fingerprint density at radius 1 is 1.47 bits per heavy atom. The normalized spacial score (nSPS) is 15.1. The lowest BCUT2D eigenvalue weighted by Crippen LogP contribution is -2.14. The molecule has 0 aliphatic heterocycles. The molecular weight excluding hydrogens is 220 g/mol. The molecule has 0 spiro atoms. The van der Waals surface area contributed by atoms with Crippen LogP contribution in [0.15, 0.2) is 6.20 Å². The molecule has 1 saturated carbocycles. The third-order valence-corrected chi connectivity index (χ3v) is 2.82. The Labute approximate surface area is 99.8 Å². The quantitative estimate of drug-likeness (QED) is 0.591. The Hall–Kier alpha value is -1.65. The second-order valence-electron chi connectivity index (χ2n) is 4.61. The summed E-state index contributed by atoms with van der Waals surface area (Å²) in [4.78, 5) is 23.5. The second-order valence-corrected chi connectivity index (χ2v) is 4.61. The molecule has 0 N–H and O–H groups in total. The van der Waals surface area contributed by atoms with Crippen LogP contribution in [0.5, 0.6) is 0 Å². The highest BCUT2D eigenvalue weighted by atomic mass is 16.5.